The molecule has 2 aromatic heterocycles. The smallest absolute Gasteiger partial charge is 0.258 e. The van der Waals surface area contributed by atoms with E-state index in [4.69, 9.17) is 10.9 Å². The van der Waals surface area contributed by atoms with Gasteiger partial charge in [0, 0.05) is 7.05 Å². The van der Waals surface area contributed by atoms with Crippen LogP contribution in [0.15, 0.2) is 25.0 Å². The first kappa shape index (κ1) is 15.0. The van der Waals surface area contributed by atoms with Gasteiger partial charge in [0.05, 0.1) is 24.9 Å². The molecule has 0 bridgehead atoms. The molecule has 0 aromatic carbocycles. The van der Waals surface area contributed by atoms with Crippen molar-refractivity contribution in [3.05, 3.63) is 31.0 Å². The third kappa shape index (κ3) is 2.86. The number of anilines is 1. The van der Waals surface area contributed by atoms with Gasteiger partial charge < -0.3 is 16.3 Å². The monoisotopic (exact) mass is 421 g/mol. The van der Waals surface area contributed by atoms with Crippen LogP contribution >= 0.6 is 43.2 Å². The van der Waals surface area contributed by atoms with Gasteiger partial charge in [-0.3, -0.25) is 9.48 Å². The summed E-state index contributed by atoms with van der Waals surface area (Å²) in [6, 6.07) is 1.70. The van der Waals surface area contributed by atoms with Gasteiger partial charge in [-0.1, -0.05) is 5.16 Å². The van der Waals surface area contributed by atoms with E-state index in [-0.39, 0.29) is 11.7 Å². The van der Waals surface area contributed by atoms with E-state index in [1.807, 2.05) is 0 Å². The van der Waals surface area contributed by atoms with Crippen LogP contribution in [0.4, 0.5) is 5.82 Å². The van der Waals surface area contributed by atoms with Gasteiger partial charge in [0.25, 0.3) is 5.91 Å². The number of amidine groups is 1. The first-order chi connectivity index (χ1) is 9.43. The predicted octanol–water partition coefficient (Wildman–Crippen LogP) is 2.35. The van der Waals surface area contributed by atoms with Crippen molar-refractivity contribution >= 4 is 60.8 Å². The zero-order valence-electron chi connectivity index (χ0n) is 10.1. The predicted molar refractivity (Wildman–Crippen MR) is 83.4 cm³/mol. The summed E-state index contributed by atoms with van der Waals surface area (Å²) >= 11 is 8.02. The number of nitrogens with two attached hydrogens (primary N) is 1. The first-order valence-electron chi connectivity index (χ1n) is 5.20. The number of halogens is 2. The molecule has 20 heavy (non-hydrogen) atoms. The number of aromatic nitrogens is 2. The zero-order chi connectivity index (χ0) is 14.9. The number of rotatable bonds is 3. The van der Waals surface area contributed by atoms with Gasteiger partial charge in [-0.2, -0.15) is 5.10 Å². The van der Waals surface area contributed by atoms with Crippen molar-refractivity contribution < 1.29 is 10.0 Å². The Morgan fingerprint density at radius 3 is 2.80 bits per heavy atom. The fourth-order valence-corrected chi connectivity index (χ4v) is 4.29. The maximum Gasteiger partial charge on any atom is 0.258 e. The van der Waals surface area contributed by atoms with E-state index in [1.54, 1.807) is 13.1 Å². The molecular formula is C10H9Br2N5O2S. The fourth-order valence-electron chi connectivity index (χ4n) is 1.50. The molecule has 0 aliphatic heterocycles. The molecule has 0 saturated carbocycles. The molecule has 1 amide bonds. The second kappa shape index (κ2) is 5.94. The molecular weight excluding hydrogens is 414 g/mol. The van der Waals surface area contributed by atoms with Gasteiger partial charge >= 0.3 is 0 Å². The highest BCUT2D eigenvalue weighted by atomic mass is 79.9. The number of nitrogens with one attached hydrogen (secondary N) is 1. The number of amides is 1. The van der Waals surface area contributed by atoms with Crippen molar-refractivity contribution in [3.63, 3.8) is 0 Å². The van der Waals surface area contributed by atoms with Gasteiger partial charge in [0.1, 0.15) is 5.82 Å². The van der Waals surface area contributed by atoms with E-state index in [0.29, 0.717) is 20.7 Å². The van der Waals surface area contributed by atoms with Crippen LogP contribution < -0.4 is 11.1 Å². The molecule has 0 unspecified atom stereocenters. The van der Waals surface area contributed by atoms with E-state index in [0.717, 1.165) is 3.79 Å². The lowest BCUT2D eigenvalue weighted by molar-refractivity contribution is 0.102. The number of carbonyl (C=O) groups excluding carboxylic acids is 1. The Balaban J connectivity index is 2.33. The van der Waals surface area contributed by atoms with Gasteiger partial charge in [0.15, 0.2) is 5.84 Å². The second-order valence-corrected chi connectivity index (χ2v) is 7.46. The number of nitrogens with zero attached hydrogens (tertiary/aromatic N) is 3. The molecule has 0 saturated heterocycles. The number of hydrogen-bond donors (Lipinski definition) is 3. The Bertz CT molecular complexity index is 694. The molecule has 0 fully saturated rings. The molecule has 7 nitrogen and oxygen atoms in total. The van der Waals surface area contributed by atoms with Crippen LogP contribution in [0.1, 0.15) is 15.9 Å². The summed E-state index contributed by atoms with van der Waals surface area (Å²) in [5.41, 5.74) is 6.36. The van der Waals surface area contributed by atoms with Crippen LogP contribution in [0, 0.1) is 0 Å². The lowest BCUT2D eigenvalue weighted by Gasteiger charge is -2.07. The quantitative estimate of drug-likeness (QED) is 0.305. The summed E-state index contributed by atoms with van der Waals surface area (Å²) in [5, 5.41) is 18.3. The van der Waals surface area contributed by atoms with Crippen LogP contribution in [-0.2, 0) is 7.05 Å². The highest BCUT2D eigenvalue weighted by Crippen LogP contribution is 2.32. The topological polar surface area (TPSA) is 106 Å². The Kier molecular flexibility index (Phi) is 4.45. The SMILES string of the molecule is Cn1ncc(/C(N)=N/O)c1NC(=O)c1cc(Br)sc1Br. The summed E-state index contributed by atoms with van der Waals surface area (Å²) < 4.78 is 2.96. The summed E-state index contributed by atoms with van der Waals surface area (Å²) in [7, 11) is 1.64. The summed E-state index contributed by atoms with van der Waals surface area (Å²) in [6.07, 6.45) is 1.41. The summed E-state index contributed by atoms with van der Waals surface area (Å²) in [6.45, 7) is 0. The minimum Gasteiger partial charge on any atom is -0.409 e. The Morgan fingerprint density at radius 1 is 1.55 bits per heavy atom. The number of carbonyl (C=O) groups is 1. The van der Waals surface area contributed by atoms with Crippen molar-refractivity contribution in [1.82, 2.24) is 9.78 Å². The summed E-state index contributed by atoms with van der Waals surface area (Å²) in [5.74, 6) is -0.104. The number of oxime groups is 1. The largest absolute Gasteiger partial charge is 0.409 e. The van der Waals surface area contributed by atoms with Crippen LogP contribution in [0.25, 0.3) is 0 Å². The van der Waals surface area contributed by atoms with E-state index < -0.39 is 0 Å². The number of hydrogen-bond acceptors (Lipinski definition) is 5. The van der Waals surface area contributed by atoms with Crippen LogP contribution in [0.5, 0.6) is 0 Å². The molecule has 0 atom stereocenters. The Morgan fingerprint density at radius 2 is 2.25 bits per heavy atom. The molecule has 2 aromatic rings. The Labute approximate surface area is 134 Å². The molecule has 2 rings (SSSR count). The third-order valence-electron chi connectivity index (χ3n) is 2.46. The van der Waals surface area contributed by atoms with Crippen molar-refractivity contribution in [2.24, 2.45) is 17.9 Å². The molecule has 10 heteroatoms. The van der Waals surface area contributed by atoms with Gasteiger partial charge in [-0.15, -0.1) is 11.3 Å². The Hall–Kier alpha value is -1.39. The van der Waals surface area contributed by atoms with Gasteiger partial charge in [-0.25, -0.2) is 0 Å². The van der Waals surface area contributed by atoms with E-state index >= 15 is 0 Å². The molecule has 106 valence electrons. The first-order valence-corrected chi connectivity index (χ1v) is 7.60. The molecule has 0 aliphatic rings. The molecule has 0 radical (unpaired) electrons. The van der Waals surface area contributed by atoms with Crippen molar-refractivity contribution in [3.8, 4) is 0 Å². The van der Waals surface area contributed by atoms with Crippen molar-refractivity contribution in [2.45, 2.75) is 0 Å². The molecule has 0 aliphatic carbocycles. The molecule has 4 N–H and O–H groups in total. The van der Waals surface area contributed by atoms with E-state index in [9.17, 15) is 4.79 Å². The number of thiophene rings is 1. The summed E-state index contributed by atoms with van der Waals surface area (Å²) in [4.78, 5) is 12.2. The van der Waals surface area contributed by atoms with Crippen molar-refractivity contribution in [1.29, 1.82) is 0 Å². The highest BCUT2D eigenvalue weighted by molar-refractivity contribution is 9.12. The van der Waals surface area contributed by atoms with Crippen molar-refractivity contribution in [2.75, 3.05) is 5.32 Å². The minimum atomic E-state index is -0.325. The van der Waals surface area contributed by atoms with E-state index in [1.165, 1.54) is 22.2 Å². The average Bonchev–Trinajstić information content (AvgIpc) is 2.92. The molecule has 2 heterocycles. The standard InChI is InChI=1S/C10H9Br2N5O2S/c1-17-9(5(3-14-17)8(13)16-19)15-10(18)4-2-6(11)20-7(4)12/h2-3,19H,1H3,(H2,13,16)(H,15,18). The normalized spacial score (nSPS) is 11.7. The average molecular weight is 423 g/mol. The van der Waals surface area contributed by atoms with Gasteiger partial charge in [0.2, 0.25) is 0 Å². The van der Waals surface area contributed by atoms with Crippen LogP contribution in [0.3, 0.4) is 0 Å². The lowest BCUT2D eigenvalue weighted by Crippen LogP contribution is -2.19. The van der Waals surface area contributed by atoms with Gasteiger partial charge in [-0.05, 0) is 37.9 Å². The van der Waals surface area contributed by atoms with Crippen LogP contribution in [-0.4, -0.2) is 26.7 Å². The fraction of sp³-hybridized carbons (Fsp3) is 0.100. The lowest BCUT2D eigenvalue weighted by atomic mass is 10.2. The molecule has 0 spiro atoms. The maximum absolute atomic E-state index is 12.2. The number of aryl methyl sites for hydroxylation is 1. The van der Waals surface area contributed by atoms with Crippen LogP contribution in [0.2, 0.25) is 0 Å². The maximum atomic E-state index is 12.2. The second-order valence-electron chi connectivity index (χ2n) is 3.71. The zero-order valence-corrected chi connectivity index (χ0v) is 14.1. The van der Waals surface area contributed by atoms with E-state index in [2.05, 4.69) is 47.4 Å². The highest BCUT2D eigenvalue weighted by Gasteiger charge is 2.19. The minimum absolute atomic E-state index is 0.126. The third-order valence-corrected chi connectivity index (χ3v) is 4.79.